The maximum absolute atomic E-state index is 11.6. The van der Waals surface area contributed by atoms with Crippen LogP contribution >= 0.6 is 0 Å². The highest BCUT2D eigenvalue weighted by Crippen LogP contribution is 2.13. The van der Waals surface area contributed by atoms with Crippen LogP contribution in [-0.2, 0) is 9.53 Å². The van der Waals surface area contributed by atoms with Crippen LogP contribution < -0.4 is 0 Å². The first-order chi connectivity index (χ1) is 9.26. The second kappa shape index (κ2) is 9.37. The Morgan fingerprint density at radius 1 is 1.37 bits per heavy atom. The first kappa shape index (κ1) is 15.5. The maximum Gasteiger partial charge on any atom is 0.330 e. The Labute approximate surface area is 116 Å². The molecule has 2 nitrogen and oxygen atoms in total. The van der Waals surface area contributed by atoms with E-state index in [9.17, 15) is 4.79 Å². The van der Waals surface area contributed by atoms with Crippen LogP contribution in [0.1, 0.15) is 45.1 Å². The summed E-state index contributed by atoms with van der Waals surface area (Å²) in [4.78, 5) is 11.6. The second-order valence-corrected chi connectivity index (χ2v) is 4.71. The van der Waals surface area contributed by atoms with Crippen molar-refractivity contribution in [1.29, 1.82) is 0 Å². The zero-order valence-corrected chi connectivity index (χ0v) is 11.9. The average molecular weight is 259 g/mol. The van der Waals surface area contributed by atoms with Gasteiger partial charge in [0.15, 0.2) is 0 Å². The number of benzene rings is 1. The van der Waals surface area contributed by atoms with Gasteiger partial charge in [0.05, 0.1) is 6.61 Å². The summed E-state index contributed by atoms with van der Waals surface area (Å²) >= 11 is 0. The highest BCUT2D eigenvalue weighted by Gasteiger charge is 2.08. The summed E-state index contributed by atoms with van der Waals surface area (Å²) in [5.41, 5.74) is 0.980. The van der Waals surface area contributed by atoms with Gasteiger partial charge >= 0.3 is 5.97 Å². The summed E-state index contributed by atoms with van der Waals surface area (Å²) in [7, 11) is 0. The van der Waals surface area contributed by atoms with E-state index < -0.39 is 0 Å². The number of hydrogen-bond donors (Lipinski definition) is 0. The van der Waals surface area contributed by atoms with Gasteiger partial charge in [-0.1, -0.05) is 57.4 Å². The zero-order valence-electron chi connectivity index (χ0n) is 11.9. The summed E-state index contributed by atoms with van der Waals surface area (Å²) in [5.74, 6) is 0.228. The monoisotopic (exact) mass is 259 g/mol. The number of unbranched alkanes of at least 4 members (excludes halogenated alkanes) is 1. The summed E-state index contributed by atoms with van der Waals surface area (Å²) < 4.78 is 5.28. The standard InChI is InChI=1S/C17H23O2/c1-3-5-9-15(4-2)14-19-17(18)13-12-16-10-7-6-8-11-16/h7-8,10-13,15H,3-5,9,14H2,1-2H3/b13-12+. The maximum atomic E-state index is 11.6. The minimum atomic E-state index is -0.261. The zero-order chi connectivity index (χ0) is 13.9. The molecule has 1 aromatic carbocycles. The van der Waals surface area contributed by atoms with Gasteiger partial charge in [-0.05, 0) is 30.0 Å². The molecule has 103 valence electrons. The van der Waals surface area contributed by atoms with Gasteiger partial charge in [-0.3, -0.25) is 0 Å². The lowest BCUT2D eigenvalue weighted by atomic mass is 10.0. The van der Waals surface area contributed by atoms with Gasteiger partial charge in [-0.2, -0.15) is 0 Å². The smallest absolute Gasteiger partial charge is 0.330 e. The molecule has 19 heavy (non-hydrogen) atoms. The van der Waals surface area contributed by atoms with Crippen LogP contribution in [0, 0.1) is 12.0 Å². The molecule has 1 unspecified atom stereocenters. The predicted molar refractivity (Wildman–Crippen MR) is 78.6 cm³/mol. The van der Waals surface area contributed by atoms with Crippen molar-refractivity contribution in [2.24, 2.45) is 5.92 Å². The van der Waals surface area contributed by atoms with Gasteiger partial charge in [0.1, 0.15) is 0 Å². The molecule has 0 fully saturated rings. The Bertz CT molecular complexity index is 382. The topological polar surface area (TPSA) is 26.3 Å². The Hall–Kier alpha value is -1.57. The fourth-order valence-corrected chi connectivity index (χ4v) is 1.82. The van der Waals surface area contributed by atoms with E-state index in [4.69, 9.17) is 4.74 Å². The fraction of sp³-hybridized carbons (Fsp3) is 0.471. The van der Waals surface area contributed by atoms with Crippen molar-refractivity contribution >= 4 is 12.0 Å². The van der Waals surface area contributed by atoms with Crippen molar-refractivity contribution in [3.8, 4) is 0 Å². The van der Waals surface area contributed by atoms with Gasteiger partial charge in [0.2, 0.25) is 0 Å². The van der Waals surface area contributed by atoms with Gasteiger partial charge in [0.25, 0.3) is 0 Å². The van der Waals surface area contributed by atoms with E-state index in [-0.39, 0.29) is 5.97 Å². The Balaban J connectivity index is 2.32. The summed E-state index contributed by atoms with van der Waals surface area (Å²) in [6.45, 7) is 4.85. The fourth-order valence-electron chi connectivity index (χ4n) is 1.82. The van der Waals surface area contributed by atoms with Gasteiger partial charge < -0.3 is 4.74 Å². The minimum absolute atomic E-state index is 0.261. The number of hydrogen-bond acceptors (Lipinski definition) is 2. The van der Waals surface area contributed by atoms with E-state index in [0.29, 0.717) is 12.5 Å². The van der Waals surface area contributed by atoms with E-state index in [1.807, 2.05) is 24.3 Å². The van der Waals surface area contributed by atoms with Crippen LogP contribution in [0.15, 0.2) is 30.3 Å². The molecule has 0 N–H and O–H groups in total. The molecule has 1 rings (SSSR count). The lowest BCUT2D eigenvalue weighted by molar-refractivity contribution is -0.139. The number of ether oxygens (including phenoxy) is 1. The molecule has 0 aromatic heterocycles. The van der Waals surface area contributed by atoms with Crippen LogP contribution in [0.25, 0.3) is 6.08 Å². The molecule has 1 radical (unpaired) electrons. The summed E-state index contributed by atoms with van der Waals surface area (Å²) in [6, 6.07) is 10.4. The van der Waals surface area contributed by atoms with Gasteiger partial charge in [-0.15, -0.1) is 0 Å². The molecule has 0 spiro atoms. The molecule has 0 saturated heterocycles. The molecule has 0 amide bonds. The molecule has 0 bridgehead atoms. The summed E-state index contributed by atoms with van der Waals surface area (Å²) in [5, 5.41) is 0. The molecule has 0 aliphatic carbocycles. The quantitative estimate of drug-likeness (QED) is 0.515. The van der Waals surface area contributed by atoms with Crippen LogP contribution in [0.4, 0.5) is 0 Å². The molecule has 1 atom stereocenters. The first-order valence-electron chi connectivity index (χ1n) is 7.07. The van der Waals surface area contributed by atoms with Crippen molar-refractivity contribution in [1.82, 2.24) is 0 Å². The van der Waals surface area contributed by atoms with Gasteiger partial charge in [0, 0.05) is 6.08 Å². The molecule has 0 aliphatic heterocycles. The minimum Gasteiger partial charge on any atom is -0.462 e. The molecule has 0 aliphatic rings. The molecule has 2 heteroatoms. The van der Waals surface area contributed by atoms with Crippen molar-refractivity contribution < 1.29 is 9.53 Å². The number of esters is 1. The van der Waals surface area contributed by atoms with Crippen molar-refractivity contribution in [3.63, 3.8) is 0 Å². The molecule has 0 saturated carbocycles. The second-order valence-electron chi connectivity index (χ2n) is 4.71. The SMILES string of the molecule is CCCCC(CC)COC(=O)/C=C/c1cc[c]cc1. The van der Waals surface area contributed by atoms with E-state index in [0.717, 1.165) is 18.4 Å². The summed E-state index contributed by atoms with van der Waals surface area (Å²) in [6.07, 6.45) is 7.84. The van der Waals surface area contributed by atoms with Crippen LogP contribution in [-0.4, -0.2) is 12.6 Å². The Kier molecular flexibility index (Phi) is 7.64. The highest BCUT2D eigenvalue weighted by atomic mass is 16.5. The average Bonchev–Trinajstić information content (AvgIpc) is 2.46. The largest absolute Gasteiger partial charge is 0.462 e. The Morgan fingerprint density at radius 3 is 2.74 bits per heavy atom. The van der Waals surface area contributed by atoms with E-state index >= 15 is 0 Å². The van der Waals surface area contributed by atoms with Crippen LogP contribution in [0.3, 0.4) is 0 Å². The van der Waals surface area contributed by atoms with E-state index in [2.05, 4.69) is 19.9 Å². The number of rotatable bonds is 8. The molecule has 0 heterocycles. The lowest BCUT2D eigenvalue weighted by Crippen LogP contribution is -2.12. The highest BCUT2D eigenvalue weighted by molar-refractivity contribution is 5.86. The van der Waals surface area contributed by atoms with E-state index in [1.165, 1.54) is 18.9 Å². The third-order valence-corrected chi connectivity index (χ3v) is 3.16. The number of carbonyl (C=O) groups excluding carboxylic acids is 1. The van der Waals surface area contributed by atoms with E-state index in [1.54, 1.807) is 6.08 Å². The van der Waals surface area contributed by atoms with Crippen LogP contribution in [0.2, 0.25) is 0 Å². The molecule has 1 aromatic rings. The van der Waals surface area contributed by atoms with Crippen molar-refractivity contribution in [3.05, 3.63) is 42.0 Å². The third-order valence-electron chi connectivity index (χ3n) is 3.16. The van der Waals surface area contributed by atoms with Crippen molar-refractivity contribution in [2.45, 2.75) is 39.5 Å². The van der Waals surface area contributed by atoms with Crippen molar-refractivity contribution in [2.75, 3.05) is 6.61 Å². The third kappa shape index (κ3) is 6.80. The lowest BCUT2D eigenvalue weighted by Gasteiger charge is -2.13. The van der Waals surface area contributed by atoms with Gasteiger partial charge in [-0.25, -0.2) is 4.79 Å². The Morgan fingerprint density at radius 2 is 2.11 bits per heavy atom. The number of carbonyl (C=O) groups is 1. The first-order valence-corrected chi connectivity index (χ1v) is 7.07. The van der Waals surface area contributed by atoms with Crippen LogP contribution in [0.5, 0.6) is 0 Å². The normalized spacial score (nSPS) is 12.5. The predicted octanol–water partition coefficient (Wildman–Crippen LogP) is 4.26. The molecular weight excluding hydrogens is 236 g/mol. The molecular formula is C17H23O2.